The Labute approximate surface area is 108 Å². The van der Waals surface area contributed by atoms with Gasteiger partial charge in [0.1, 0.15) is 10.8 Å². The summed E-state index contributed by atoms with van der Waals surface area (Å²) in [4.78, 5) is 4.38. The molecule has 2 aromatic rings. The maximum Gasteiger partial charge on any atom is 0.130 e. The van der Waals surface area contributed by atoms with Crippen molar-refractivity contribution in [2.24, 2.45) is 0 Å². The van der Waals surface area contributed by atoms with Crippen LogP contribution in [0.2, 0.25) is 5.02 Å². The topological polar surface area (TPSA) is 45.9 Å². The van der Waals surface area contributed by atoms with E-state index in [4.69, 9.17) is 21.6 Å². The van der Waals surface area contributed by atoms with E-state index in [1.165, 1.54) is 11.3 Å². The summed E-state index contributed by atoms with van der Waals surface area (Å²) >= 11 is 7.39. The summed E-state index contributed by atoms with van der Waals surface area (Å²) in [7, 11) is 1.60. The number of thiazole rings is 1. The second kappa shape index (κ2) is 5.17. The number of rotatable bonds is 3. The third-order valence-electron chi connectivity index (χ3n) is 2.21. The number of nitriles is 1. The van der Waals surface area contributed by atoms with Gasteiger partial charge < -0.3 is 4.74 Å². The largest absolute Gasteiger partial charge is 0.496 e. The summed E-state index contributed by atoms with van der Waals surface area (Å²) in [6.07, 6.45) is 0.326. The molecular weight excluding hydrogens is 256 g/mol. The van der Waals surface area contributed by atoms with Gasteiger partial charge in [0.2, 0.25) is 0 Å². The molecule has 0 unspecified atom stereocenters. The van der Waals surface area contributed by atoms with Crippen LogP contribution in [0.1, 0.15) is 5.69 Å². The maximum atomic E-state index is 8.61. The fourth-order valence-corrected chi connectivity index (χ4v) is 2.45. The second-order valence-corrected chi connectivity index (χ2v) is 4.62. The van der Waals surface area contributed by atoms with Gasteiger partial charge in [0, 0.05) is 10.4 Å². The van der Waals surface area contributed by atoms with E-state index in [2.05, 4.69) is 11.1 Å². The molecule has 0 fully saturated rings. The number of halogens is 1. The summed E-state index contributed by atoms with van der Waals surface area (Å²) in [5.74, 6) is 0.690. The Hall–Kier alpha value is -1.57. The SMILES string of the molecule is COc1cc(Cl)ccc1-c1nc(CC#N)cs1. The summed E-state index contributed by atoms with van der Waals surface area (Å²) < 4.78 is 5.27. The molecule has 0 spiro atoms. The number of ether oxygens (including phenoxy) is 1. The van der Waals surface area contributed by atoms with E-state index in [1.807, 2.05) is 11.4 Å². The number of hydrogen-bond donors (Lipinski definition) is 0. The molecule has 1 aromatic heterocycles. The lowest BCUT2D eigenvalue weighted by Gasteiger charge is -2.05. The normalized spacial score (nSPS) is 9.94. The van der Waals surface area contributed by atoms with Crippen molar-refractivity contribution in [3.05, 3.63) is 34.3 Å². The van der Waals surface area contributed by atoms with Crippen LogP contribution < -0.4 is 4.74 Å². The molecule has 1 heterocycles. The van der Waals surface area contributed by atoms with Crippen LogP contribution in [-0.2, 0) is 6.42 Å². The molecule has 0 N–H and O–H groups in total. The van der Waals surface area contributed by atoms with Gasteiger partial charge in [0.15, 0.2) is 0 Å². The highest BCUT2D eigenvalue weighted by Crippen LogP contribution is 2.34. The summed E-state index contributed by atoms with van der Waals surface area (Å²) in [6, 6.07) is 7.50. The number of methoxy groups -OCH3 is 1. The monoisotopic (exact) mass is 264 g/mol. The molecule has 0 saturated carbocycles. The van der Waals surface area contributed by atoms with Crippen molar-refractivity contribution in [2.45, 2.75) is 6.42 Å². The molecule has 2 rings (SSSR count). The zero-order valence-electron chi connectivity index (χ0n) is 9.11. The van der Waals surface area contributed by atoms with E-state index in [-0.39, 0.29) is 0 Å². The number of aromatic nitrogens is 1. The van der Waals surface area contributed by atoms with Crippen molar-refractivity contribution in [2.75, 3.05) is 7.11 Å². The molecule has 0 saturated heterocycles. The standard InChI is InChI=1S/C12H9ClN2OS/c1-16-11-6-8(13)2-3-10(11)12-15-9(4-5-14)7-17-12/h2-3,6-7H,4H2,1H3. The van der Waals surface area contributed by atoms with E-state index in [1.54, 1.807) is 19.2 Å². The van der Waals surface area contributed by atoms with Gasteiger partial charge in [0.25, 0.3) is 0 Å². The van der Waals surface area contributed by atoms with E-state index in [0.717, 1.165) is 16.3 Å². The zero-order valence-corrected chi connectivity index (χ0v) is 10.7. The third-order valence-corrected chi connectivity index (χ3v) is 3.37. The molecule has 1 aromatic carbocycles. The Morgan fingerprint density at radius 2 is 2.35 bits per heavy atom. The molecule has 0 radical (unpaired) electrons. The molecule has 86 valence electrons. The highest BCUT2D eigenvalue weighted by Gasteiger charge is 2.10. The number of nitrogens with zero attached hydrogens (tertiary/aromatic N) is 2. The molecule has 0 aliphatic heterocycles. The molecule has 5 heteroatoms. The Bertz CT molecular complexity index is 574. The third kappa shape index (κ3) is 2.57. The van der Waals surface area contributed by atoms with E-state index >= 15 is 0 Å². The quantitative estimate of drug-likeness (QED) is 0.852. The van der Waals surface area contributed by atoms with Crippen molar-refractivity contribution >= 4 is 22.9 Å². The van der Waals surface area contributed by atoms with Crippen molar-refractivity contribution in [3.8, 4) is 22.4 Å². The van der Waals surface area contributed by atoms with Crippen LogP contribution in [0.15, 0.2) is 23.6 Å². The average molecular weight is 265 g/mol. The predicted octanol–water partition coefficient (Wildman–Crippen LogP) is 3.54. The Morgan fingerprint density at radius 1 is 1.53 bits per heavy atom. The van der Waals surface area contributed by atoms with Crippen molar-refractivity contribution in [3.63, 3.8) is 0 Å². The molecule has 0 atom stereocenters. The fourth-order valence-electron chi connectivity index (χ4n) is 1.43. The highest BCUT2D eigenvalue weighted by atomic mass is 35.5. The second-order valence-electron chi connectivity index (χ2n) is 3.32. The first-order chi connectivity index (χ1) is 8.24. The van der Waals surface area contributed by atoms with Gasteiger partial charge in [-0.3, -0.25) is 0 Å². The minimum Gasteiger partial charge on any atom is -0.496 e. The fraction of sp³-hybridized carbons (Fsp3) is 0.167. The Balaban J connectivity index is 2.42. The smallest absolute Gasteiger partial charge is 0.130 e. The minimum absolute atomic E-state index is 0.326. The molecule has 0 aliphatic rings. The molecule has 0 bridgehead atoms. The van der Waals surface area contributed by atoms with Crippen molar-refractivity contribution in [1.29, 1.82) is 5.26 Å². The van der Waals surface area contributed by atoms with Crippen LogP contribution >= 0.6 is 22.9 Å². The van der Waals surface area contributed by atoms with E-state index < -0.39 is 0 Å². The van der Waals surface area contributed by atoms with Crippen LogP contribution in [0.3, 0.4) is 0 Å². The van der Waals surface area contributed by atoms with Crippen LogP contribution in [0.5, 0.6) is 5.75 Å². The maximum absolute atomic E-state index is 8.61. The van der Waals surface area contributed by atoms with Gasteiger partial charge in [-0.2, -0.15) is 5.26 Å². The Morgan fingerprint density at radius 3 is 3.06 bits per heavy atom. The van der Waals surface area contributed by atoms with Crippen LogP contribution in [-0.4, -0.2) is 12.1 Å². The number of hydrogen-bond acceptors (Lipinski definition) is 4. The summed E-state index contributed by atoms with van der Waals surface area (Å²) in [5, 5.41) is 12.0. The van der Waals surface area contributed by atoms with E-state index in [9.17, 15) is 0 Å². The molecule has 0 amide bonds. The lowest BCUT2D eigenvalue weighted by atomic mass is 10.2. The van der Waals surface area contributed by atoms with Gasteiger partial charge in [-0.15, -0.1) is 11.3 Å². The zero-order chi connectivity index (χ0) is 12.3. The van der Waals surface area contributed by atoms with Crippen molar-refractivity contribution in [1.82, 2.24) is 4.98 Å². The molecule has 3 nitrogen and oxygen atoms in total. The minimum atomic E-state index is 0.326. The van der Waals surface area contributed by atoms with Crippen LogP contribution in [0, 0.1) is 11.3 Å². The average Bonchev–Trinajstić information content (AvgIpc) is 2.78. The summed E-state index contributed by atoms with van der Waals surface area (Å²) in [6.45, 7) is 0. The van der Waals surface area contributed by atoms with Gasteiger partial charge in [-0.05, 0) is 18.2 Å². The molecular formula is C12H9ClN2OS. The predicted molar refractivity (Wildman–Crippen MR) is 68.4 cm³/mol. The first kappa shape index (κ1) is 11.9. The Kier molecular flexibility index (Phi) is 3.62. The first-order valence-electron chi connectivity index (χ1n) is 4.90. The first-order valence-corrected chi connectivity index (χ1v) is 6.15. The van der Waals surface area contributed by atoms with Gasteiger partial charge in [-0.25, -0.2) is 4.98 Å². The van der Waals surface area contributed by atoms with E-state index in [0.29, 0.717) is 17.2 Å². The van der Waals surface area contributed by atoms with Gasteiger partial charge in [0.05, 0.1) is 30.9 Å². The van der Waals surface area contributed by atoms with Crippen molar-refractivity contribution < 1.29 is 4.74 Å². The van der Waals surface area contributed by atoms with Gasteiger partial charge in [-0.1, -0.05) is 11.6 Å². The lowest BCUT2D eigenvalue weighted by Crippen LogP contribution is -1.88. The van der Waals surface area contributed by atoms with Crippen LogP contribution in [0.4, 0.5) is 0 Å². The van der Waals surface area contributed by atoms with Crippen LogP contribution in [0.25, 0.3) is 10.6 Å². The van der Waals surface area contributed by atoms with Gasteiger partial charge >= 0.3 is 0 Å². The molecule has 0 aliphatic carbocycles. The highest BCUT2D eigenvalue weighted by molar-refractivity contribution is 7.13. The molecule has 17 heavy (non-hydrogen) atoms. The summed E-state index contributed by atoms with van der Waals surface area (Å²) in [5.41, 5.74) is 1.68. The lowest BCUT2D eigenvalue weighted by molar-refractivity contribution is 0.416. The number of benzene rings is 1.